The van der Waals surface area contributed by atoms with Gasteiger partial charge in [0.25, 0.3) is 0 Å². The lowest BCUT2D eigenvalue weighted by Crippen LogP contribution is -2.37. The third kappa shape index (κ3) is 5.10. The van der Waals surface area contributed by atoms with E-state index in [1.165, 1.54) is 11.8 Å². The summed E-state index contributed by atoms with van der Waals surface area (Å²) < 4.78 is 0. The number of hydrogen-bond acceptors (Lipinski definition) is 2. The maximum atomic E-state index is 12.7. The predicted octanol–water partition coefficient (Wildman–Crippen LogP) is 5.25. The molecule has 0 spiro atoms. The second kappa shape index (κ2) is 8.13. The van der Waals surface area contributed by atoms with E-state index in [2.05, 4.69) is 26.1 Å². The molecule has 0 atom stereocenters. The molecule has 2 aromatic rings. The van der Waals surface area contributed by atoms with Crippen LogP contribution in [-0.2, 0) is 15.0 Å². The zero-order valence-corrected chi connectivity index (χ0v) is 17.6. The Labute approximate surface area is 166 Å². The minimum absolute atomic E-state index is 0.0998. The molecule has 1 N–H and O–H groups in total. The van der Waals surface area contributed by atoms with Crippen LogP contribution in [0.4, 0.5) is 11.4 Å². The molecule has 0 saturated carbocycles. The Morgan fingerprint density at radius 2 is 1.74 bits per heavy atom. The molecule has 2 amide bonds. The Balaban J connectivity index is 2.30. The van der Waals surface area contributed by atoms with Crippen molar-refractivity contribution in [1.82, 2.24) is 0 Å². The van der Waals surface area contributed by atoms with Gasteiger partial charge in [0.05, 0.1) is 10.7 Å². The summed E-state index contributed by atoms with van der Waals surface area (Å²) >= 11 is 6.38. The highest BCUT2D eigenvalue weighted by Crippen LogP contribution is 2.32. The van der Waals surface area contributed by atoms with Crippen molar-refractivity contribution in [2.24, 2.45) is 0 Å². The number of aryl methyl sites for hydroxylation is 2. The van der Waals surface area contributed by atoms with Crippen LogP contribution in [0.25, 0.3) is 0 Å². The number of hydrogen-bond donors (Lipinski definition) is 1. The molecule has 0 bridgehead atoms. The topological polar surface area (TPSA) is 49.4 Å². The molecule has 0 unspecified atom stereocenters. The van der Waals surface area contributed by atoms with Crippen molar-refractivity contribution in [2.45, 2.75) is 47.0 Å². The van der Waals surface area contributed by atoms with Crippen LogP contribution in [0.3, 0.4) is 0 Å². The van der Waals surface area contributed by atoms with Gasteiger partial charge in [0.1, 0.15) is 6.54 Å². The molecule has 0 aliphatic carbocycles. The van der Waals surface area contributed by atoms with Gasteiger partial charge < -0.3 is 10.2 Å². The van der Waals surface area contributed by atoms with Gasteiger partial charge in [-0.3, -0.25) is 9.59 Å². The second-order valence-electron chi connectivity index (χ2n) is 7.86. The van der Waals surface area contributed by atoms with E-state index in [1.54, 1.807) is 6.07 Å². The van der Waals surface area contributed by atoms with Crippen molar-refractivity contribution >= 4 is 34.8 Å². The first-order valence-electron chi connectivity index (χ1n) is 8.95. The Morgan fingerprint density at radius 1 is 1.11 bits per heavy atom. The second-order valence-corrected chi connectivity index (χ2v) is 8.27. The largest absolute Gasteiger partial charge is 0.324 e. The fraction of sp³-hybridized carbons (Fsp3) is 0.364. The molecule has 0 heterocycles. The molecule has 0 aliphatic heterocycles. The third-order valence-electron chi connectivity index (χ3n) is 4.36. The number of benzene rings is 2. The van der Waals surface area contributed by atoms with E-state index in [4.69, 9.17) is 11.6 Å². The predicted molar refractivity (Wildman–Crippen MR) is 113 cm³/mol. The fourth-order valence-corrected chi connectivity index (χ4v) is 3.60. The molecule has 144 valence electrons. The van der Waals surface area contributed by atoms with Crippen LogP contribution in [-0.4, -0.2) is 18.4 Å². The van der Waals surface area contributed by atoms with Gasteiger partial charge in [0.2, 0.25) is 11.8 Å². The van der Waals surface area contributed by atoms with Gasteiger partial charge >= 0.3 is 0 Å². The SMILES string of the molecule is CC(=O)N(CC(=O)Nc1ccccc1C(C)(C)C)c1c(C)cc(C)cc1Cl. The van der Waals surface area contributed by atoms with E-state index < -0.39 is 0 Å². The van der Waals surface area contributed by atoms with Crippen molar-refractivity contribution in [2.75, 3.05) is 16.8 Å². The molecular formula is C22H27ClN2O2. The Bertz CT molecular complexity index is 846. The van der Waals surface area contributed by atoms with Crippen LogP contribution >= 0.6 is 11.6 Å². The summed E-state index contributed by atoms with van der Waals surface area (Å²) in [7, 11) is 0. The number of carbonyl (C=O) groups is 2. The summed E-state index contributed by atoms with van der Waals surface area (Å²) in [6.45, 7) is 11.4. The maximum absolute atomic E-state index is 12.7. The lowest BCUT2D eigenvalue weighted by atomic mass is 9.86. The molecule has 0 aromatic heterocycles. The zero-order chi connectivity index (χ0) is 20.4. The minimum Gasteiger partial charge on any atom is -0.324 e. The van der Waals surface area contributed by atoms with Crippen molar-refractivity contribution in [3.8, 4) is 0 Å². The summed E-state index contributed by atoms with van der Waals surface area (Å²) in [4.78, 5) is 26.4. The van der Waals surface area contributed by atoms with Gasteiger partial charge in [-0.15, -0.1) is 0 Å². The van der Waals surface area contributed by atoms with Gasteiger partial charge in [-0.1, -0.05) is 56.6 Å². The van der Waals surface area contributed by atoms with Crippen LogP contribution in [0.15, 0.2) is 36.4 Å². The quantitative estimate of drug-likeness (QED) is 0.780. The van der Waals surface area contributed by atoms with Gasteiger partial charge in [-0.05, 0) is 48.1 Å². The standard InChI is InChI=1S/C22H27ClN2O2/c1-14-11-15(2)21(18(23)12-14)25(16(3)26)13-20(27)24-19-10-8-7-9-17(19)22(4,5)6/h7-12H,13H2,1-6H3,(H,24,27). The van der Waals surface area contributed by atoms with Gasteiger partial charge in [0, 0.05) is 12.6 Å². The first-order chi connectivity index (χ1) is 12.5. The van der Waals surface area contributed by atoms with Crippen molar-refractivity contribution < 1.29 is 9.59 Å². The van der Waals surface area contributed by atoms with Crippen molar-refractivity contribution in [3.05, 3.63) is 58.1 Å². The van der Waals surface area contributed by atoms with Crippen LogP contribution in [0.2, 0.25) is 5.02 Å². The van der Waals surface area contributed by atoms with E-state index in [0.717, 1.165) is 22.4 Å². The Morgan fingerprint density at radius 3 is 2.30 bits per heavy atom. The van der Waals surface area contributed by atoms with Gasteiger partial charge in [-0.2, -0.15) is 0 Å². The summed E-state index contributed by atoms with van der Waals surface area (Å²) in [5, 5.41) is 3.41. The lowest BCUT2D eigenvalue weighted by molar-refractivity contribution is -0.120. The number of rotatable bonds is 4. The van der Waals surface area contributed by atoms with Gasteiger partial charge in [0.15, 0.2) is 0 Å². The summed E-state index contributed by atoms with van der Waals surface area (Å²) in [6, 6.07) is 11.5. The summed E-state index contributed by atoms with van der Waals surface area (Å²) in [5.41, 5.74) is 4.13. The summed E-state index contributed by atoms with van der Waals surface area (Å²) in [5.74, 6) is -0.499. The van der Waals surface area contributed by atoms with Crippen LogP contribution in [0, 0.1) is 13.8 Å². The average molecular weight is 387 g/mol. The highest BCUT2D eigenvalue weighted by Gasteiger charge is 2.23. The maximum Gasteiger partial charge on any atom is 0.244 e. The number of para-hydroxylation sites is 1. The number of amides is 2. The monoisotopic (exact) mass is 386 g/mol. The molecule has 2 aromatic carbocycles. The van der Waals surface area contributed by atoms with E-state index in [1.807, 2.05) is 44.2 Å². The molecular weight excluding hydrogens is 360 g/mol. The molecule has 0 aliphatic rings. The normalized spacial score (nSPS) is 11.2. The first kappa shape index (κ1) is 21.0. The third-order valence-corrected chi connectivity index (χ3v) is 4.65. The fourth-order valence-electron chi connectivity index (χ4n) is 3.18. The molecule has 0 fully saturated rings. The van der Waals surface area contributed by atoms with E-state index in [9.17, 15) is 9.59 Å². The minimum atomic E-state index is -0.266. The number of halogens is 1. The number of nitrogens with one attached hydrogen (secondary N) is 1. The van der Waals surface area contributed by atoms with E-state index in [-0.39, 0.29) is 23.8 Å². The van der Waals surface area contributed by atoms with Crippen LogP contribution in [0.5, 0.6) is 0 Å². The molecule has 0 saturated heterocycles. The molecule has 2 rings (SSSR count). The first-order valence-corrected chi connectivity index (χ1v) is 9.32. The lowest BCUT2D eigenvalue weighted by Gasteiger charge is -2.26. The van der Waals surface area contributed by atoms with Crippen molar-refractivity contribution in [1.29, 1.82) is 0 Å². The van der Waals surface area contributed by atoms with E-state index >= 15 is 0 Å². The smallest absolute Gasteiger partial charge is 0.244 e. The van der Waals surface area contributed by atoms with Crippen LogP contribution in [0.1, 0.15) is 44.4 Å². The highest BCUT2D eigenvalue weighted by molar-refractivity contribution is 6.34. The zero-order valence-electron chi connectivity index (χ0n) is 16.8. The molecule has 27 heavy (non-hydrogen) atoms. The molecule has 5 heteroatoms. The van der Waals surface area contributed by atoms with Gasteiger partial charge in [-0.25, -0.2) is 0 Å². The Hall–Kier alpha value is -2.33. The number of anilines is 2. The van der Waals surface area contributed by atoms with Crippen LogP contribution < -0.4 is 10.2 Å². The molecule has 0 radical (unpaired) electrons. The average Bonchev–Trinajstić information content (AvgIpc) is 2.52. The number of carbonyl (C=O) groups excluding carboxylic acids is 2. The summed E-state index contributed by atoms with van der Waals surface area (Å²) in [6.07, 6.45) is 0. The Kier molecular flexibility index (Phi) is 6.32. The highest BCUT2D eigenvalue weighted by atomic mass is 35.5. The molecule has 4 nitrogen and oxygen atoms in total. The van der Waals surface area contributed by atoms with E-state index in [0.29, 0.717) is 10.7 Å². The van der Waals surface area contributed by atoms with Crippen molar-refractivity contribution in [3.63, 3.8) is 0 Å². The number of nitrogens with zero attached hydrogens (tertiary/aromatic N) is 1.